The largest absolute Gasteiger partial charge is 0.490 e. The zero-order chi connectivity index (χ0) is 21.1. The van der Waals surface area contributed by atoms with Gasteiger partial charge in [0.05, 0.1) is 12.3 Å². The Hall–Kier alpha value is -1.77. The van der Waals surface area contributed by atoms with Gasteiger partial charge >= 0.3 is 0 Å². The minimum absolute atomic E-state index is 0.367. The topological polar surface area (TPSA) is 35.3 Å². The second-order valence-corrected chi connectivity index (χ2v) is 11.6. The summed E-state index contributed by atoms with van der Waals surface area (Å²) in [6.45, 7) is 5.28. The van der Waals surface area contributed by atoms with Crippen LogP contribution in [0.1, 0.15) is 78.1 Å². The molecule has 4 aliphatic carbocycles. The summed E-state index contributed by atoms with van der Waals surface area (Å²) < 4.78 is 11.9. The van der Waals surface area contributed by atoms with Crippen LogP contribution in [0.5, 0.6) is 5.75 Å². The molecule has 3 heteroatoms. The molecule has 6 rings (SSSR count). The van der Waals surface area contributed by atoms with E-state index in [4.69, 9.17) is 9.15 Å². The number of ether oxygens (including phenoxy) is 1. The first-order valence-corrected chi connectivity index (χ1v) is 12.7. The van der Waals surface area contributed by atoms with Crippen LogP contribution in [0.15, 0.2) is 41.3 Å². The number of nitrogens with zero attached hydrogens (tertiary/aromatic N) is 1. The third-order valence-corrected chi connectivity index (χ3v) is 10.3. The minimum Gasteiger partial charge on any atom is -0.490 e. The van der Waals surface area contributed by atoms with E-state index in [0.717, 1.165) is 40.7 Å². The molecule has 0 spiro atoms. The van der Waals surface area contributed by atoms with Crippen LogP contribution < -0.4 is 4.74 Å². The van der Waals surface area contributed by atoms with Crippen LogP contribution in [-0.4, -0.2) is 11.1 Å². The van der Waals surface area contributed by atoms with Crippen molar-refractivity contribution in [2.45, 2.75) is 84.2 Å². The highest BCUT2D eigenvalue weighted by atomic mass is 16.5. The Balaban J connectivity index is 1.13. The van der Waals surface area contributed by atoms with Crippen LogP contribution in [0.3, 0.4) is 0 Å². The molecule has 2 aromatic rings. The van der Waals surface area contributed by atoms with E-state index in [-0.39, 0.29) is 0 Å². The van der Waals surface area contributed by atoms with Crippen molar-refractivity contribution >= 4 is 0 Å². The van der Waals surface area contributed by atoms with Crippen molar-refractivity contribution in [3.8, 4) is 17.1 Å². The van der Waals surface area contributed by atoms with Crippen molar-refractivity contribution in [3.05, 3.63) is 36.9 Å². The molecule has 0 amide bonds. The van der Waals surface area contributed by atoms with Crippen molar-refractivity contribution in [2.75, 3.05) is 0 Å². The standard InChI is InChI=1S/C28H37NO2/c1-27-13-3-4-24(27)23-10-7-20-16-22(11-15-28(20,2)25(23)12-14-27)31-21-8-5-19(6-9-21)26-17-29-18-30-26/h5-6,8-9,17-18,20,22-25H,3-4,7,10-16H2,1-2H3/t20-,22?,23-,24-,25-,27-,28-/m0/s1. The number of hydrogen-bond donors (Lipinski definition) is 0. The summed E-state index contributed by atoms with van der Waals surface area (Å²) in [4.78, 5) is 4.01. The van der Waals surface area contributed by atoms with Crippen molar-refractivity contribution in [1.82, 2.24) is 4.98 Å². The van der Waals surface area contributed by atoms with E-state index in [2.05, 4.69) is 43.1 Å². The molecule has 3 nitrogen and oxygen atoms in total. The Bertz CT molecular complexity index is 906. The average molecular weight is 420 g/mol. The quantitative estimate of drug-likeness (QED) is 0.516. The van der Waals surface area contributed by atoms with E-state index in [1.165, 1.54) is 70.6 Å². The molecule has 1 unspecified atom stereocenters. The summed E-state index contributed by atoms with van der Waals surface area (Å²) in [6, 6.07) is 8.33. The lowest BCUT2D eigenvalue weighted by atomic mass is 9.45. The zero-order valence-corrected chi connectivity index (χ0v) is 19.2. The smallest absolute Gasteiger partial charge is 0.181 e. The molecule has 0 N–H and O–H groups in total. The Morgan fingerprint density at radius 3 is 2.61 bits per heavy atom. The highest BCUT2D eigenvalue weighted by Gasteiger charge is 2.57. The van der Waals surface area contributed by atoms with Crippen LogP contribution in [0.25, 0.3) is 11.3 Å². The molecule has 0 radical (unpaired) electrons. The summed E-state index contributed by atoms with van der Waals surface area (Å²) in [7, 11) is 0. The van der Waals surface area contributed by atoms with Gasteiger partial charge < -0.3 is 9.15 Å². The number of benzene rings is 1. The van der Waals surface area contributed by atoms with Gasteiger partial charge in [-0.25, -0.2) is 4.98 Å². The normalized spacial score (nSPS) is 41.8. The number of rotatable bonds is 3. The van der Waals surface area contributed by atoms with E-state index < -0.39 is 0 Å². The summed E-state index contributed by atoms with van der Waals surface area (Å²) in [6.07, 6.45) is 17.8. The number of oxazole rings is 1. The molecule has 1 aromatic carbocycles. The van der Waals surface area contributed by atoms with E-state index in [1.54, 1.807) is 6.20 Å². The zero-order valence-electron chi connectivity index (χ0n) is 19.2. The van der Waals surface area contributed by atoms with Gasteiger partial charge in [0.15, 0.2) is 12.2 Å². The number of fused-ring (bicyclic) bond motifs is 5. The third kappa shape index (κ3) is 3.26. The van der Waals surface area contributed by atoms with Crippen molar-refractivity contribution in [2.24, 2.45) is 34.5 Å². The Labute approximate surface area is 187 Å². The second kappa shape index (κ2) is 7.39. The lowest BCUT2D eigenvalue weighted by Crippen LogP contribution is -2.53. The Kier molecular flexibility index (Phi) is 4.74. The molecule has 166 valence electrons. The van der Waals surface area contributed by atoms with Gasteiger partial charge in [0.25, 0.3) is 0 Å². The molecular weight excluding hydrogens is 382 g/mol. The molecule has 31 heavy (non-hydrogen) atoms. The fourth-order valence-electron chi connectivity index (χ4n) is 8.57. The summed E-state index contributed by atoms with van der Waals surface area (Å²) in [5.74, 6) is 5.62. The van der Waals surface area contributed by atoms with Crippen LogP contribution >= 0.6 is 0 Å². The molecule has 1 aromatic heterocycles. The second-order valence-electron chi connectivity index (χ2n) is 11.6. The summed E-state index contributed by atoms with van der Waals surface area (Å²) >= 11 is 0. The van der Waals surface area contributed by atoms with Crippen LogP contribution in [-0.2, 0) is 0 Å². The lowest BCUT2D eigenvalue weighted by Gasteiger charge is -2.60. The SMILES string of the molecule is C[C@@]12CCC[C@H]1[C@@H]1CC[C@H]3CC(Oc4ccc(-c5cnco5)cc4)CC[C@]3(C)[C@H]1CC2. The number of aromatic nitrogens is 1. The molecule has 0 aliphatic heterocycles. The molecule has 4 aliphatic rings. The van der Waals surface area contributed by atoms with Crippen LogP contribution in [0.4, 0.5) is 0 Å². The van der Waals surface area contributed by atoms with Crippen LogP contribution in [0.2, 0.25) is 0 Å². The van der Waals surface area contributed by atoms with Gasteiger partial charge in [-0.05, 0) is 117 Å². The van der Waals surface area contributed by atoms with Crippen molar-refractivity contribution < 1.29 is 9.15 Å². The molecule has 4 fully saturated rings. The van der Waals surface area contributed by atoms with E-state index in [1.807, 2.05) is 0 Å². The van der Waals surface area contributed by atoms with E-state index in [0.29, 0.717) is 16.9 Å². The lowest BCUT2D eigenvalue weighted by molar-refractivity contribution is -0.118. The fraction of sp³-hybridized carbons (Fsp3) is 0.679. The molecular formula is C28H37NO2. The van der Waals surface area contributed by atoms with Gasteiger partial charge in [0.2, 0.25) is 0 Å². The summed E-state index contributed by atoms with van der Waals surface area (Å²) in [5.41, 5.74) is 2.27. The van der Waals surface area contributed by atoms with Gasteiger partial charge in [-0.15, -0.1) is 0 Å². The molecule has 0 saturated heterocycles. The van der Waals surface area contributed by atoms with Gasteiger partial charge in [-0.2, -0.15) is 0 Å². The summed E-state index contributed by atoms with van der Waals surface area (Å²) in [5, 5.41) is 0. The van der Waals surface area contributed by atoms with E-state index in [9.17, 15) is 0 Å². The predicted molar refractivity (Wildman–Crippen MR) is 123 cm³/mol. The fourth-order valence-corrected chi connectivity index (χ4v) is 8.57. The van der Waals surface area contributed by atoms with E-state index >= 15 is 0 Å². The predicted octanol–water partition coefficient (Wildman–Crippen LogP) is 7.52. The minimum atomic E-state index is 0.367. The maximum atomic E-state index is 6.50. The Morgan fingerprint density at radius 1 is 0.935 bits per heavy atom. The first kappa shape index (κ1) is 19.9. The van der Waals surface area contributed by atoms with Crippen molar-refractivity contribution in [3.63, 3.8) is 0 Å². The average Bonchev–Trinajstić information content (AvgIpc) is 3.44. The van der Waals surface area contributed by atoms with Gasteiger partial charge in [-0.3, -0.25) is 0 Å². The van der Waals surface area contributed by atoms with Crippen LogP contribution in [0, 0.1) is 34.5 Å². The highest BCUT2D eigenvalue weighted by Crippen LogP contribution is 2.66. The number of hydrogen-bond acceptors (Lipinski definition) is 3. The molecule has 4 saturated carbocycles. The first-order chi connectivity index (χ1) is 15.1. The maximum absolute atomic E-state index is 6.50. The monoisotopic (exact) mass is 419 g/mol. The molecule has 7 atom stereocenters. The first-order valence-electron chi connectivity index (χ1n) is 12.7. The van der Waals surface area contributed by atoms with Gasteiger partial charge in [0.1, 0.15) is 5.75 Å². The maximum Gasteiger partial charge on any atom is 0.181 e. The van der Waals surface area contributed by atoms with Crippen molar-refractivity contribution in [1.29, 1.82) is 0 Å². The molecule has 1 heterocycles. The van der Waals surface area contributed by atoms with Gasteiger partial charge in [-0.1, -0.05) is 20.3 Å². The third-order valence-electron chi connectivity index (χ3n) is 10.3. The van der Waals surface area contributed by atoms with Gasteiger partial charge in [0, 0.05) is 5.56 Å². The Morgan fingerprint density at radius 2 is 1.81 bits per heavy atom. The highest BCUT2D eigenvalue weighted by molar-refractivity contribution is 5.57. The molecule has 0 bridgehead atoms.